The van der Waals surface area contributed by atoms with E-state index in [1.165, 1.54) is 30.6 Å². The van der Waals surface area contributed by atoms with Crippen LogP contribution in [0.15, 0.2) is 0 Å². The van der Waals surface area contributed by atoms with Gasteiger partial charge in [0.2, 0.25) is 0 Å². The molecule has 6 heteroatoms. The van der Waals surface area contributed by atoms with E-state index in [-0.39, 0.29) is 16.4 Å². The average Bonchev–Trinajstić information content (AvgIpc) is 2.12. The fourth-order valence-electron chi connectivity index (χ4n) is 0.827. The molecule has 1 amide bonds. The molecule has 0 fully saturated rings. The van der Waals surface area contributed by atoms with Crippen molar-refractivity contribution in [3.8, 4) is 0 Å². The molecule has 0 rings (SSSR count). The lowest BCUT2D eigenvalue weighted by molar-refractivity contribution is -0.130. The van der Waals surface area contributed by atoms with Gasteiger partial charge >= 0.3 is 0 Å². The van der Waals surface area contributed by atoms with E-state index < -0.39 is 0 Å². The Morgan fingerprint density at radius 2 is 2.00 bits per heavy atom. The molecule has 0 aliphatic heterocycles. The van der Waals surface area contributed by atoms with E-state index >= 15 is 0 Å². The second kappa shape index (κ2) is 6.28. The lowest BCUT2D eigenvalue weighted by Crippen LogP contribution is -2.44. The Morgan fingerprint density at radius 1 is 1.46 bits per heavy atom. The van der Waals surface area contributed by atoms with Gasteiger partial charge in [-0.3, -0.25) is 9.80 Å². The van der Waals surface area contributed by atoms with Crippen molar-refractivity contribution in [1.29, 1.82) is 0 Å². The van der Waals surface area contributed by atoms with Crippen LogP contribution in [-0.4, -0.2) is 47.3 Å². The van der Waals surface area contributed by atoms with E-state index in [4.69, 9.17) is 5.84 Å². The van der Waals surface area contributed by atoms with Gasteiger partial charge in [0.15, 0.2) is 0 Å². The number of carbonyl (C=O) groups excluding carboxylic acids is 2. The molecule has 4 nitrogen and oxygen atoms in total. The number of carbonyl (C=O) groups is 2. The number of hydrogen-bond acceptors (Lipinski definition) is 5. The van der Waals surface area contributed by atoms with Crippen LogP contribution in [0.1, 0.15) is 0 Å². The summed E-state index contributed by atoms with van der Waals surface area (Å²) in [5.74, 6) is 5.08. The predicted octanol–water partition coefficient (Wildman–Crippen LogP) is -0.0194. The van der Waals surface area contributed by atoms with Crippen LogP contribution in [0.4, 0.5) is 0 Å². The first-order valence-electron chi connectivity index (χ1n) is 3.61. The summed E-state index contributed by atoms with van der Waals surface area (Å²) in [6.07, 6.45) is 4.37. The Labute approximate surface area is 86.6 Å². The van der Waals surface area contributed by atoms with Gasteiger partial charge in [-0.15, -0.1) is 0 Å². The summed E-state index contributed by atoms with van der Waals surface area (Å²) in [6.45, 7) is 0. The zero-order valence-corrected chi connectivity index (χ0v) is 9.52. The molecule has 0 saturated heterocycles. The third-order valence-corrected chi connectivity index (χ3v) is 3.65. The van der Waals surface area contributed by atoms with Crippen molar-refractivity contribution in [1.82, 2.24) is 5.01 Å². The zero-order chi connectivity index (χ0) is 10.4. The molecule has 0 radical (unpaired) electrons. The summed E-state index contributed by atoms with van der Waals surface area (Å²) < 4.78 is 0. The van der Waals surface area contributed by atoms with Crippen LogP contribution in [0.25, 0.3) is 0 Å². The summed E-state index contributed by atoms with van der Waals surface area (Å²) in [7, 11) is 1.48. The molecule has 2 atom stereocenters. The summed E-state index contributed by atoms with van der Waals surface area (Å²) >= 11 is 2.70. The number of nitrogens with zero attached hydrogens (tertiary/aromatic N) is 1. The SMILES string of the molecule is CSC(C=O)C(SC)C(=O)N(C)N. The molecule has 0 aromatic carbocycles. The molecular weight excluding hydrogens is 208 g/mol. The van der Waals surface area contributed by atoms with Crippen molar-refractivity contribution < 1.29 is 9.59 Å². The maximum absolute atomic E-state index is 11.4. The standard InChI is InChI=1S/C7H14N2O2S2/c1-9(8)7(11)6(13-3)5(4-10)12-2/h4-6H,8H2,1-3H3. The minimum atomic E-state index is -0.387. The van der Waals surface area contributed by atoms with Gasteiger partial charge in [-0.1, -0.05) is 0 Å². The highest BCUT2D eigenvalue weighted by Gasteiger charge is 2.28. The second-order valence-electron chi connectivity index (χ2n) is 2.44. The van der Waals surface area contributed by atoms with E-state index in [1.807, 2.05) is 0 Å². The van der Waals surface area contributed by atoms with Crippen molar-refractivity contribution in [2.45, 2.75) is 10.5 Å². The molecule has 2 N–H and O–H groups in total. The highest BCUT2D eigenvalue weighted by atomic mass is 32.2. The molecule has 0 spiro atoms. The molecule has 0 heterocycles. The molecule has 0 aliphatic rings. The van der Waals surface area contributed by atoms with Gasteiger partial charge in [-0.2, -0.15) is 23.5 Å². The quantitative estimate of drug-likeness (QED) is 0.306. The van der Waals surface area contributed by atoms with Crippen LogP contribution in [0.5, 0.6) is 0 Å². The summed E-state index contributed by atoms with van der Waals surface area (Å²) in [4.78, 5) is 22.1. The van der Waals surface area contributed by atoms with Crippen LogP contribution in [0, 0.1) is 0 Å². The molecule has 0 bridgehead atoms. The lowest BCUT2D eigenvalue weighted by Gasteiger charge is -2.21. The van der Waals surface area contributed by atoms with Crippen molar-refractivity contribution in [2.24, 2.45) is 5.84 Å². The highest BCUT2D eigenvalue weighted by Crippen LogP contribution is 2.20. The lowest BCUT2D eigenvalue weighted by atomic mass is 10.3. The van der Waals surface area contributed by atoms with Crippen LogP contribution >= 0.6 is 23.5 Å². The van der Waals surface area contributed by atoms with E-state index in [0.717, 1.165) is 11.3 Å². The molecule has 13 heavy (non-hydrogen) atoms. The number of thioether (sulfide) groups is 2. The molecule has 0 aromatic rings. The Bertz CT molecular complexity index is 187. The second-order valence-corrected chi connectivity index (χ2v) is 4.44. The highest BCUT2D eigenvalue weighted by molar-refractivity contribution is 8.04. The van der Waals surface area contributed by atoms with Crippen molar-refractivity contribution >= 4 is 35.7 Å². The summed E-state index contributed by atoms with van der Waals surface area (Å²) in [5.41, 5.74) is 0. The molecule has 0 saturated carbocycles. The van der Waals surface area contributed by atoms with Crippen LogP contribution in [0.3, 0.4) is 0 Å². The smallest absolute Gasteiger partial charge is 0.250 e. The Hall–Kier alpha value is -0.200. The normalized spacial score (nSPS) is 14.8. The third kappa shape index (κ3) is 3.58. The number of nitrogens with two attached hydrogens (primary N) is 1. The van der Waals surface area contributed by atoms with E-state index in [9.17, 15) is 9.59 Å². The van der Waals surface area contributed by atoms with Crippen LogP contribution < -0.4 is 5.84 Å². The predicted molar refractivity (Wildman–Crippen MR) is 57.6 cm³/mol. The Morgan fingerprint density at radius 3 is 2.23 bits per heavy atom. The Balaban J connectivity index is 4.47. The molecule has 2 unspecified atom stereocenters. The monoisotopic (exact) mass is 222 g/mol. The fourth-order valence-corrected chi connectivity index (χ4v) is 2.67. The van der Waals surface area contributed by atoms with Gasteiger partial charge in [0.05, 0.1) is 5.25 Å². The Kier molecular flexibility index (Phi) is 6.19. The first kappa shape index (κ1) is 12.8. The average molecular weight is 222 g/mol. The van der Waals surface area contributed by atoms with Crippen molar-refractivity contribution in [2.75, 3.05) is 19.6 Å². The van der Waals surface area contributed by atoms with Crippen molar-refractivity contribution in [3.63, 3.8) is 0 Å². The number of rotatable bonds is 5. The first-order chi connectivity index (χ1) is 6.08. The largest absolute Gasteiger partial charge is 0.302 e. The summed E-state index contributed by atoms with van der Waals surface area (Å²) in [5, 5.41) is 0.310. The summed E-state index contributed by atoms with van der Waals surface area (Å²) in [6, 6.07) is 0. The van der Waals surface area contributed by atoms with Gasteiger partial charge in [-0.05, 0) is 12.5 Å². The van der Waals surface area contributed by atoms with E-state index in [0.29, 0.717) is 0 Å². The third-order valence-electron chi connectivity index (χ3n) is 1.55. The molecule has 0 aliphatic carbocycles. The van der Waals surface area contributed by atoms with Crippen molar-refractivity contribution in [3.05, 3.63) is 0 Å². The van der Waals surface area contributed by atoms with Gasteiger partial charge in [0, 0.05) is 7.05 Å². The topological polar surface area (TPSA) is 63.4 Å². The van der Waals surface area contributed by atoms with Gasteiger partial charge in [-0.25, -0.2) is 5.84 Å². The molecular formula is C7H14N2O2S2. The van der Waals surface area contributed by atoms with Crippen LogP contribution in [-0.2, 0) is 9.59 Å². The first-order valence-corrected chi connectivity index (χ1v) is 6.19. The number of hydrazine groups is 1. The zero-order valence-electron chi connectivity index (χ0n) is 7.89. The molecule has 0 aromatic heterocycles. The van der Waals surface area contributed by atoms with E-state index in [2.05, 4.69) is 0 Å². The van der Waals surface area contributed by atoms with Gasteiger partial charge in [0.25, 0.3) is 5.91 Å². The number of amides is 1. The number of hydrogen-bond donors (Lipinski definition) is 1. The van der Waals surface area contributed by atoms with E-state index in [1.54, 1.807) is 12.5 Å². The minimum absolute atomic E-state index is 0.223. The van der Waals surface area contributed by atoms with Crippen LogP contribution in [0.2, 0.25) is 0 Å². The maximum atomic E-state index is 11.4. The molecule has 76 valence electrons. The fraction of sp³-hybridized carbons (Fsp3) is 0.714. The van der Waals surface area contributed by atoms with Gasteiger partial charge < -0.3 is 4.79 Å². The maximum Gasteiger partial charge on any atom is 0.250 e. The minimum Gasteiger partial charge on any atom is -0.302 e. The number of aldehydes is 1. The van der Waals surface area contributed by atoms with Gasteiger partial charge in [0.1, 0.15) is 11.5 Å².